The van der Waals surface area contributed by atoms with E-state index in [1.165, 1.54) is 128 Å². The summed E-state index contributed by atoms with van der Waals surface area (Å²) in [5, 5.41) is 6.02. The Balaban J connectivity index is 3.75. The third kappa shape index (κ3) is 27.1. The van der Waals surface area contributed by atoms with Crippen molar-refractivity contribution >= 4 is 11.8 Å². The molecule has 0 bridgehead atoms. The maximum absolute atomic E-state index is 12.3. The Hall–Kier alpha value is -1.14. The number of nitrogens with one attached hydrogen (secondary N) is 2. The Kier molecular flexibility index (Phi) is 29.9. The van der Waals surface area contributed by atoms with Crippen LogP contribution in [-0.2, 0) is 9.59 Å². The minimum Gasteiger partial charge on any atom is -0.343 e. The van der Waals surface area contributed by atoms with Gasteiger partial charge in [-0.2, -0.15) is 0 Å². The fourth-order valence-electron chi connectivity index (χ4n) is 5.15. The number of hydrogen-bond acceptors (Lipinski definition) is 4. The van der Waals surface area contributed by atoms with E-state index in [0.717, 1.165) is 26.2 Å². The summed E-state index contributed by atoms with van der Waals surface area (Å²) < 4.78 is 0. The van der Waals surface area contributed by atoms with Gasteiger partial charge in [0.1, 0.15) is 0 Å². The zero-order chi connectivity index (χ0) is 29.5. The van der Waals surface area contributed by atoms with E-state index in [1.54, 1.807) is 0 Å². The summed E-state index contributed by atoms with van der Waals surface area (Å²) in [6, 6.07) is 0. The van der Waals surface area contributed by atoms with E-state index in [0.29, 0.717) is 13.3 Å². The zero-order valence-electron chi connectivity index (χ0n) is 27.5. The van der Waals surface area contributed by atoms with Gasteiger partial charge in [0.2, 0.25) is 11.8 Å². The van der Waals surface area contributed by atoms with Gasteiger partial charge in [-0.25, -0.2) is 0 Å². The maximum Gasteiger partial charge on any atom is 0.221 e. The molecular formula is C34H70N4O2. The molecule has 0 heterocycles. The molecule has 0 aromatic carbocycles. The van der Waals surface area contributed by atoms with Crippen LogP contribution in [0.3, 0.4) is 0 Å². The number of hydrogen-bond donors (Lipinski definition) is 2. The summed E-state index contributed by atoms with van der Waals surface area (Å²) in [4.78, 5) is 29.2. The molecule has 6 heteroatoms. The third-order valence-electron chi connectivity index (χ3n) is 8.13. The molecule has 0 saturated carbocycles. The van der Waals surface area contributed by atoms with Crippen LogP contribution in [0.25, 0.3) is 0 Å². The molecule has 0 radical (unpaired) electrons. The molecule has 2 N–H and O–H groups in total. The van der Waals surface area contributed by atoms with Crippen molar-refractivity contribution in [3.8, 4) is 0 Å². The second kappa shape index (κ2) is 30.8. The molecule has 0 rings (SSSR count). The normalized spacial score (nSPS) is 11.4. The molecule has 0 aromatic heterocycles. The van der Waals surface area contributed by atoms with Crippen LogP contribution in [-0.4, -0.2) is 61.1 Å². The number of unbranched alkanes of at least 4 members (excludes halogenated alkanes) is 18. The van der Waals surface area contributed by atoms with Crippen molar-refractivity contribution in [2.45, 2.75) is 169 Å². The van der Waals surface area contributed by atoms with Gasteiger partial charge in [-0.15, -0.1) is 0 Å². The fourth-order valence-corrected chi connectivity index (χ4v) is 5.15. The maximum atomic E-state index is 12.3. The molecular weight excluding hydrogens is 496 g/mol. The average molecular weight is 567 g/mol. The summed E-state index contributed by atoms with van der Waals surface area (Å²) in [5.74, 6) is -0.0660. The van der Waals surface area contributed by atoms with Crippen LogP contribution < -0.4 is 10.6 Å². The van der Waals surface area contributed by atoms with Gasteiger partial charge in [-0.3, -0.25) is 19.4 Å². The van der Waals surface area contributed by atoms with E-state index in [1.807, 2.05) is 0 Å². The number of rotatable bonds is 31. The summed E-state index contributed by atoms with van der Waals surface area (Å²) in [5.41, 5.74) is 0. The summed E-state index contributed by atoms with van der Waals surface area (Å²) in [6.07, 6.45) is 27.3. The minimum atomic E-state index is -0.0330. The molecule has 238 valence electrons. The lowest BCUT2D eigenvalue weighted by atomic mass is 10.1. The molecule has 0 aliphatic heterocycles. The van der Waals surface area contributed by atoms with Crippen LogP contribution in [0.15, 0.2) is 0 Å². The fraction of sp³-hybridized carbons (Fsp3) is 0.941. The third-order valence-corrected chi connectivity index (χ3v) is 8.13. The number of nitrogens with zero attached hydrogens (tertiary/aromatic N) is 2. The number of amides is 2. The van der Waals surface area contributed by atoms with Crippen molar-refractivity contribution in [3.05, 3.63) is 0 Å². The van der Waals surface area contributed by atoms with Crippen LogP contribution in [0.4, 0.5) is 0 Å². The van der Waals surface area contributed by atoms with E-state index < -0.39 is 0 Å². The highest BCUT2D eigenvalue weighted by Crippen LogP contribution is 2.12. The smallest absolute Gasteiger partial charge is 0.221 e. The first kappa shape index (κ1) is 38.9. The Labute approximate surface area is 250 Å². The molecule has 0 aliphatic carbocycles. The molecule has 0 atom stereocenters. The van der Waals surface area contributed by atoms with Crippen LogP contribution in [0.1, 0.15) is 169 Å². The van der Waals surface area contributed by atoms with Crippen molar-refractivity contribution in [2.24, 2.45) is 0 Å². The average Bonchev–Trinajstić information content (AvgIpc) is 2.96. The molecule has 0 saturated heterocycles. The van der Waals surface area contributed by atoms with Crippen LogP contribution in [0.5, 0.6) is 0 Å². The van der Waals surface area contributed by atoms with Crippen molar-refractivity contribution in [3.63, 3.8) is 0 Å². The van der Waals surface area contributed by atoms with Crippen LogP contribution in [0.2, 0.25) is 0 Å². The predicted octanol–water partition coefficient (Wildman–Crippen LogP) is 8.40. The van der Waals surface area contributed by atoms with Gasteiger partial charge in [0, 0.05) is 12.8 Å². The Morgan fingerprint density at radius 2 is 0.700 bits per heavy atom. The van der Waals surface area contributed by atoms with Crippen molar-refractivity contribution in [1.82, 2.24) is 20.4 Å². The SMILES string of the molecule is CCCCCCCCCCCCN(CC)CNC(=O)CCC(=O)NCN(CC)CCCCCCCCCCCC. The molecule has 0 aromatic rings. The Morgan fingerprint density at radius 1 is 0.425 bits per heavy atom. The van der Waals surface area contributed by atoms with E-state index in [-0.39, 0.29) is 24.7 Å². The molecule has 0 fully saturated rings. The lowest BCUT2D eigenvalue weighted by Gasteiger charge is -2.21. The lowest BCUT2D eigenvalue weighted by molar-refractivity contribution is -0.127. The highest BCUT2D eigenvalue weighted by molar-refractivity contribution is 5.83. The summed E-state index contributed by atoms with van der Waals surface area (Å²) in [6.45, 7) is 13.9. The van der Waals surface area contributed by atoms with Gasteiger partial charge in [0.05, 0.1) is 13.3 Å². The van der Waals surface area contributed by atoms with Crippen molar-refractivity contribution in [2.75, 3.05) is 39.5 Å². The topological polar surface area (TPSA) is 64.7 Å². The molecule has 40 heavy (non-hydrogen) atoms. The van der Waals surface area contributed by atoms with Gasteiger partial charge >= 0.3 is 0 Å². The predicted molar refractivity (Wildman–Crippen MR) is 173 cm³/mol. The minimum absolute atomic E-state index is 0.0330. The summed E-state index contributed by atoms with van der Waals surface area (Å²) >= 11 is 0. The highest BCUT2D eigenvalue weighted by atomic mass is 16.2. The van der Waals surface area contributed by atoms with E-state index in [9.17, 15) is 9.59 Å². The van der Waals surface area contributed by atoms with Gasteiger partial charge in [-0.1, -0.05) is 143 Å². The van der Waals surface area contributed by atoms with Gasteiger partial charge in [-0.05, 0) is 39.0 Å². The Morgan fingerprint density at radius 3 is 0.975 bits per heavy atom. The van der Waals surface area contributed by atoms with E-state index >= 15 is 0 Å². The molecule has 0 unspecified atom stereocenters. The van der Waals surface area contributed by atoms with Gasteiger partial charge in [0.25, 0.3) is 0 Å². The Bertz CT molecular complexity index is 510. The molecule has 0 aliphatic rings. The molecule has 2 amide bonds. The highest BCUT2D eigenvalue weighted by Gasteiger charge is 2.10. The lowest BCUT2D eigenvalue weighted by Crippen LogP contribution is -2.40. The van der Waals surface area contributed by atoms with Crippen LogP contribution in [0, 0.1) is 0 Å². The number of carbonyl (C=O) groups excluding carboxylic acids is 2. The molecule has 6 nitrogen and oxygen atoms in total. The standard InChI is InChI=1S/C34H70N4O2/c1-5-9-11-13-15-17-19-21-23-25-29-37(7-3)31-35-33(39)27-28-34(40)36-32-38(8-4)30-26-24-22-20-18-16-14-12-10-6-2/h5-32H2,1-4H3,(H,35,39)(H,36,40). The van der Waals surface area contributed by atoms with E-state index in [2.05, 4.69) is 48.1 Å². The second-order valence-electron chi connectivity index (χ2n) is 11.8. The van der Waals surface area contributed by atoms with Crippen LogP contribution >= 0.6 is 0 Å². The summed E-state index contributed by atoms with van der Waals surface area (Å²) in [7, 11) is 0. The monoisotopic (exact) mass is 567 g/mol. The first-order valence-corrected chi connectivity index (χ1v) is 17.5. The van der Waals surface area contributed by atoms with Gasteiger partial charge in [0.15, 0.2) is 0 Å². The quantitative estimate of drug-likeness (QED) is 0.0653. The van der Waals surface area contributed by atoms with E-state index in [4.69, 9.17) is 0 Å². The zero-order valence-corrected chi connectivity index (χ0v) is 27.5. The van der Waals surface area contributed by atoms with Gasteiger partial charge < -0.3 is 10.6 Å². The largest absolute Gasteiger partial charge is 0.343 e. The van der Waals surface area contributed by atoms with Crippen molar-refractivity contribution in [1.29, 1.82) is 0 Å². The first-order chi connectivity index (χ1) is 19.6. The second-order valence-corrected chi connectivity index (χ2v) is 11.8. The molecule has 0 spiro atoms. The number of carbonyl (C=O) groups is 2. The first-order valence-electron chi connectivity index (χ1n) is 17.5. The van der Waals surface area contributed by atoms with Crippen molar-refractivity contribution < 1.29 is 9.59 Å².